The van der Waals surface area contributed by atoms with E-state index in [1.807, 2.05) is 38.2 Å². The standard InChI is InChI=1S/C14H21ClN2O.ClH/c1-11(10-16-2)14(18)17-9-3-4-12-5-7-13(15)8-6-12;/h5-8,11,16H,3-4,9-10H2,1-2H3,(H,17,18);1H. The second-order valence-electron chi connectivity index (χ2n) is 4.48. The van der Waals surface area contributed by atoms with Crippen molar-refractivity contribution < 1.29 is 4.79 Å². The molecule has 108 valence electrons. The van der Waals surface area contributed by atoms with Gasteiger partial charge in [-0.15, -0.1) is 12.4 Å². The van der Waals surface area contributed by atoms with Crippen molar-refractivity contribution in [3.63, 3.8) is 0 Å². The van der Waals surface area contributed by atoms with Crippen LogP contribution < -0.4 is 10.6 Å². The first kappa shape index (κ1) is 18.2. The molecular weight excluding hydrogens is 283 g/mol. The molecule has 1 atom stereocenters. The van der Waals surface area contributed by atoms with Gasteiger partial charge in [0.2, 0.25) is 5.91 Å². The molecule has 3 nitrogen and oxygen atoms in total. The molecule has 0 aliphatic heterocycles. The molecule has 0 saturated carbocycles. The Balaban J connectivity index is 0.00000324. The Morgan fingerprint density at radius 2 is 1.95 bits per heavy atom. The summed E-state index contributed by atoms with van der Waals surface area (Å²) in [5, 5.41) is 6.70. The fourth-order valence-electron chi connectivity index (χ4n) is 1.73. The SMILES string of the molecule is CNCC(C)C(=O)NCCCc1ccc(Cl)cc1.Cl. The molecule has 1 amide bonds. The molecule has 0 aliphatic rings. The monoisotopic (exact) mass is 304 g/mol. The highest BCUT2D eigenvalue weighted by molar-refractivity contribution is 6.30. The lowest BCUT2D eigenvalue weighted by Gasteiger charge is -2.11. The van der Waals surface area contributed by atoms with Gasteiger partial charge in [-0.25, -0.2) is 0 Å². The van der Waals surface area contributed by atoms with Crippen LogP contribution in [0.4, 0.5) is 0 Å². The summed E-state index contributed by atoms with van der Waals surface area (Å²) in [5.74, 6) is 0.131. The number of rotatable bonds is 7. The van der Waals surface area contributed by atoms with Crippen molar-refractivity contribution in [3.8, 4) is 0 Å². The third-order valence-corrected chi connectivity index (χ3v) is 3.06. The van der Waals surface area contributed by atoms with Gasteiger partial charge < -0.3 is 10.6 Å². The summed E-state index contributed by atoms with van der Waals surface area (Å²) < 4.78 is 0. The molecule has 0 saturated heterocycles. The van der Waals surface area contributed by atoms with Crippen LogP contribution in [0.5, 0.6) is 0 Å². The van der Waals surface area contributed by atoms with Crippen LogP contribution in [0, 0.1) is 5.92 Å². The smallest absolute Gasteiger partial charge is 0.224 e. The second kappa shape index (κ2) is 10.1. The van der Waals surface area contributed by atoms with Crippen molar-refractivity contribution in [2.75, 3.05) is 20.1 Å². The summed E-state index contributed by atoms with van der Waals surface area (Å²) in [6.07, 6.45) is 1.90. The summed E-state index contributed by atoms with van der Waals surface area (Å²) in [5.41, 5.74) is 1.25. The molecule has 5 heteroatoms. The maximum absolute atomic E-state index is 11.6. The van der Waals surface area contributed by atoms with Gasteiger partial charge in [0, 0.05) is 24.0 Å². The van der Waals surface area contributed by atoms with E-state index in [1.165, 1.54) is 5.56 Å². The molecule has 0 spiro atoms. The first-order chi connectivity index (χ1) is 8.63. The molecular formula is C14H22Cl2N2O. The minimum Gasteiger partial charge on any atom is -0.356 e. The summed E-state index contributed by atoms with van der Waals surface area (Å²) in [6.45, 7) is 3.35. The minimum atomic E-state index is 0. The predicted molar refractivity (Wildman–Crippen MR) is 83.1 cm³/mol. The van der Waals surface area contributed by atoms with Crippen LogP contribution in [0.25, 0.3) is 0 Å². The number of halogens is 2. The summed E-state index contributed by atoms with van der Waals surface area (Å²) >= 11 is 5.82. The Morgan fingerprint density at radius 1 is 1.32 bits per heavy atom. The second-order valence-corrected chi connectivity index (χ2v) is 4.92. The molecule has 19 heavy (non-hydrogen) atoms. The molecule has 1 aromatic rings. The molecule has 0 radical (unpaired) electrons. The summed E-state index contributed by atoms with van der Waals surface area (Å²) in [4.78, 5) is 11.6. The van der Waals surface area contributed by atoms with Crippen molar-refractivity contribution in [1.29, 1.82) is 0 Å². The maximum atomic E-state index is 11.6. The number of hydrogen-bond acceptors (Lipinski definition) is 2. The van der Waals surface area contributed by atoms with E-state index >= 15 is 0 Å². The van der Waals surface area contributed by atoms with E-state index in [-0.39, 0.29) is 24.2 Å². The Morgan fingerprint density at radius 3 is 2.53 bits per heavy atom. The van der Waals surface area contributed by atoms with Gasteiger partial charge in [0.15, 0.2) is 0 Å². The van der Waals surface area contributed by atoms with Crippen LogP contribution in [-0.4, -0.2) is 26.0 Å². The summed E-state index contributed by atoms with van der Waals surface area (Å²) in [6, 6.07) is 7.83. The maximum Gasteiger partial charge on any atom is 0.224 e. The number of nitrogens with one attached hydrogen (secondary N) is 2. The van der Waals surface area contributed by atoms with Gasteiger partial charge in [-0.2, -0.15) is 0 Å². The average molecular weight is 305 g/mol. The van der Waals surface area contributed by atoms with Gasteiger partial charge >= 0.3 is 0 Å². The minimum absolute atomic E-state index is 0. The number of carbonyl (C=O) groups is 1. The van der Waals surface area contributed by atoms with E-state index in [9.17, 15) is 4.79 Å². The zero-order chi connectivity index (χ0) is 13.4. The molecule has 1 unspecified atom stereocenters. The van der Waals surface area contributed by atoms with E-state index in [1.54, 1.807) is 0 Å². The lowest BCUT2D eigenvalue weighted by atomic mass is 10.1. The third-order valence-electron chi connectivity index (χ3n) is 2.81. The van der Waals surface area contributed by atoms with Gasteiger partial charge in [-0.1, -0.05) is 30.7 Å². The molecule has 0 aromatic heterocycles. The Bertz CT molecular complexity index is 368. The van der Waals surface area contributed by atoms with Crippen LogP contribution in [0.15, 0.2) is 24.3 Å². The normalized spacial score (nSPS) is 11.5. The number of carbonyl (C=O) groups excluding carboxylic acids is 1. The molecule has 0 aliphatic carbocycles. The van der Waals surface area contributed by atoms with Crippen LogP contribution in [0.1, 0.15) is 18.9 Å². The first-order valence-electron chi connectivity index (χ1n) is 6.30. The van der Waals surface area contributed by atoms with Gasteiger partial charge in [-0.05, 0) is 37.6 Å². The van der Waals surface area contributed by atoms with Gasteiger partial charge in [-0.3, -0.25) is 4.79 Å². The first-order valence-corrected chi connectivity index (χ1v) is 6.68. The average Bonchev–Trinajstić information content (AvgIpc) is 2.36. The van der Waals surface area contributed by atoms with Crippen LogP contribution in [0.3, 0.4) is 0 Å². The van der Waals surface area contributed by atoms with Crippen LogP contribution in [-0.2, 0) is 11.2 Å². The fourth-order valence-corrected chi connectivity index (χ4v) is 1.85. The molecule has 2 N–H and O–H groups in total. The zero-order valence-electron chi connectivity index (χ0n) is 11.4. The third kappa shape index (κ3) is 7.41. The highest BCUT2D eigenvalue weighted by Gasteiger charge is 2.10. The predicted octanol–water partition coefficient (Wildman–Crippen LogP) is 2.67. The molecule has 1 aromatic carbocycles. The Hall–Kier alpha value is -0.770. The highest BCUT2D eigenvalue weighted by Crippen LogP contribution is 2.10. The molecule has 0 bridgehead atoms. The lowest BCUT2D eigenvalue weighted by molar-refractivity contribution is -0.124. The summed E-state index contributed by atoms with van der Waals surface area (Å²) in [7, 11) is 1.85. The van der Waals surface area contributed by atoms with E-state index < -0.39 is 0 Å². The molecule has 0 heterocycles. The quantitative estimate of drug-likeness (QED) is 0.761. The van der Waals surface area contributed by atoms with Crippen molar-refractivity contribution in [2.24, 2.45) is 5.92 Å². The Labute approximate surface area is 126 Å². The van der Waals surface area contributed by atoms with Crippen molar-refractivity contribution in [3.05, 3.63) is 34.9 Å². The zero-order valence-corrected chi connectivity index (χ0v) is 13.0. The van der Waals surface area contributed by atoms with E-state index in [2.05, 4.69) is 10.6 Å². The number of hydrogen-bond donors (Lipinski definition) is 2. The lowest BCUT2D eigenvalue weighted by Crippen LogP contribution is -2.34. The highest BCUT2D eigenvalue weighted by atomic mass is 35.5. The fraction of sp³-hybridized carbons (Fsp3) is 0.500. The van der Waals surface area contributed by atoms with Crippen molar-refractivity contribution >= 4 is 29.9 Å². The number of aryl methyl sites for hydroxylation is 1. The number of benzene rings is 1. The van der Waals surface area contributed by atoms with E-state index in [4.69, 9.17) is 11.6 Å². The van der Waals surface area contributed by atoms with Gasteiger partial charge in [0.1, 0.15) is 0 Å². The number of amides is 1. The molecule has 1 rings (SSSR count). The Kier molecular flexibility index (Phi) is 9.66. The van der Waals surface area contributed by atoms with Gasteiger partial charge in [0.25, 0.3) is 0 Å². The molecule has 0 fully saturated rings. The van der Waals surface area contributed by atoms with Crippen molar-refractivity contribution in [2.45, 2.75) is 19.8 Å². The van der Waals surface area contributed by atoms with E-state index in [0.29, 0.717) is 6.54 Å². The topological polar surface area (TPSA) is 41.1 Å². The van der Waals surface area contributed by atoms with Crippen molar-refractivity contribution in [1.82, 2.24) is 10.6 Å². The van der Waals surface area contributed by atoms with Crippen LogP contribution >= 0.6 is 24.0 Å². The van der Waals surface area contributed by atoms with Crippen LogP contribution in [0.2, 0.25) is 5.02 Å². The largest absolute Gasteiger partial charge is 0.356 e. The van der Waals surface area contributed by atoms with Gasteiger partial charge in [0.05, 0.1) is 0 Å². The van der Waals surface area contributed by atoms with E-state index in [0.717, 1.165) is 24.4 Å².